The predicted molar refractivity (Wildman–Crippen MR) is 224 cm³/mol. The molecule has 2 nitrogen and oxygen atoms in total. The van der Waals surface area contributed by atoms with Crippen molar-refractivity contribution in [1.82, 2.24) is 9.13 Å². The molecule has 0 radical (unpaired) electrons. The van der Waals surface area contributed by atoms with Crippen molar-refractivity contribution in [2.75, 3.05) is 0 Å². The molecule has 1 atom stereocenters. The number of benzene rings is 7. The Labute approximate surface area is 310 Å². The Balaban J connectivity index is 1.04. The average molecular weight is 681 g/mol. The van der Waals surface area contributed by atoms with Crippen LogP contribution < -0.4 is 0 Å². The number of hydrogen-bond donors (Lipinski definition) is 0. The second-order valence-corrected chi connectivity index (χ2v) is 15.6. The molecule has 0 aliphatic heterocycles. The Morgan fingerprint density at radius 2 is 1.09 bits per heavy atom. The van der Waals surface area contributed by atoms with Gasteiger partial charge in [0.1, 0.15) is 0 Å². The summed E-state index contributed by atoms with van der Waals surface area (Å²) in [6.07, 6.45) is 6.03. The largest absolute Gasteiger partial charge is 0.313 e. The van der Waals surface area contributed by atoms with Gasteiger partial charge in [-0.15, -0.1) is 0 Å². The van der Waals surface area contributed by atoms with Gasteiger partial charge in [-0.25, -0.2) is 0 Å². The molecule has 9 aromatic rings. The van der Waals surface area contributed by atoms with Crippen LogP contribution in [0, 0.1) is 0 Å². The highest BCUT2D eigenvalue weighted by Gasteiger charge is 2.37. The smallest absolute Gasteiger partial charge is 0.0544 e. The molecule has 1 unspecified atom stereocenters. The molecule has 254 valence electrons. The van der Waals surface area contributed by atoms with Gasteiger partial charge in [-0.2, -0.15) is 0 Å². The van der Waals surface area contributed by atoms with Gasteiger partial charge in [-0.05, 0) is 113 Å². The van der Waals surface area contributed by atoms with Crippen LogP contribution in [-0.2, 0) is 5.41 Å². The normalized spacial score (nSPS) is 16.3. The average Bonchev–Trinajstić information content (AvgIpc) is 3.80. The van der Waals surface area contributed by atoms with E-state index in [0.717, 1.165) is 6.42 Å². The summed E-state index contributed by atoms with van der Waals surface area (Å²) in [5, 5.41) is 5.24. The lowest BCUT2D eigenvalue weighted by atomic mass is 9.81. The highest BCUT2D eigenvalue weighted by molar-refractivity contribution is 6.13. The van der Waals surface area contributed by atoms with E-state index < -0.39 is 0 Å². The van der Waals surface area contributed by atoms with Crippen LogP contribution in [0.4, 0.5) is 0 Å². The molecule has 0 N–H and O–H groups in total. The quantitative estimate of drug-likeness (QED) is 0.175. The standard InChI is InChI=1S/C51H40N2/c1-51(2)45-30-36(24-26-39(45)42-31-44-41-21-10-11-22-47(41)52(50(44)32-46(42)51)37-17-7-4-8-18-37)35-25-27-49-43(29-35)40-20-9-12-23-48(40)53(49)38-19-13-16-34(28-38)33-14-5-3-6-15-33/h3-12,14-15,17-18,20-32,34H,13,16,19H2,1-2H3. The molecule has 2 aromatic heterocycles. The Bertz CT molecular complexity index is 2940. The molecule has 0 bridgehead atoms. The Morgan fingerprint density at radius 1 is 0.491 bits per heavy atom. The Kier molecular flexibility index (Phi) is 6.58. The van der Waals surface area contributed by atoms with E-state index in [9.17, 15) is 0 Å². The van der Waals surface area contributed by atoms with Crippen LogP contribution in [0.5, 0.6) is 0 Å². The number of aromatic nitrogens is 2. The molecular formula is C51H40N2. The van der Waals surface area contributed by atoms with Gasteiger partial charge in [0, 0.05) is 44.3 Å². The van der Waals surface area contributed by atoms with Gasteiger partial charge in [0.25, 0.3) is 0 Å². The monoisotopic (exact) mass is 680 g/mol. The fraction of sp³-hybridized carbons (Fsp3) is 0.137. The molecule has 0 fully saturated rings. The van der Waals surface area contributed by atoms with Crippen LogP contribution in [0.15, 0.2) is 164 Å². The molecule has 2 aliphatic carbocycles. The summed E-state index contributed by atoms with van der Waals surface area (Å²) in [5.41, 5.74) is 17.0. The third-order valence-electron chi connectivity index (χ3n) is 12.3. The zero-order valence-corrected chi connectivity index (χ0v) is 30.2. The summed E-state index contributed by atoms with van der Waals surface area (Å²) in [4.78, 5) is 0. The molecule has 2 heterocycles. The van der Waals surface area contributed by atoms with Crippen LogP contribution in [0.25, 0.3) is 77.2 Å². The number of fused-ring (bicyclic) bond motifs is 9. The first-order chi connectivity index (χ1) is 26.0. The molecule has 0 amide bonds. The number of para-hydroxylation sites is 3. The lowest BCUT2D eigenvalue weighted by Gasteiger charge is -2.23. The molecule has 11 rings (SSSR count). The fourth-order valence-corrected chi connectivity index (χ4v) is 9.74. The lowest BCUT2D eigenvalue weighted by Crippen LogP contribution is -2.15. The SMILES string of the molecule is CC1(C)c2cc(-c3ccc4c(c3)c3ccccc3n4C3=CC(c4ccccc4)CCC3)ccc2-c2cc3c4ccccc4n(-c4ccccc4)c3cc21. The van der Waals surface area contributed by atoms with Gasteiger partial charge in [-0.3, -0.25) is 0 Å². The molecular weight excluding hydrogens is 641 g/mol. The van der Waals surface area contributed by atoms with Crippen LogP contribution in [0.3, 0.4) is 0 Å². The minimum atomic E-state index is -0.143. The van der Waals surface area contributed by atoms with Crippen molar-refractivity contribution in [3.05, 3.63) is 180 Å². The minimum absolute atomic E-state index is 0.143. The topological polar surface area (TPSA) is 9.86 Å². The summed E-state index contributed by atoms with van der Waals surface area (Å²) >= 11 is 0. The molecule has 53 heavy (non-hydrogen) atoms. The van der Waals surface area contributed by atoms with Crippen LogP contribution >= 0.6 is 0 Å². The highest BCUT2D eigenvalue weighted by atomic mass is 15.0. The highest BCUT2D eigenvalue weighted by Crippen LogP contribution is 2.52. The second kappa shape index (κ2) is 11.4. The van der Waals surface area contributed by atoms with Crippen molar-refractivity contribution in [3.63, 3.8) is 0 Å². The van der Waals surface area contributed by atoms with Gasteiger partial charge < -0.3 is 9.13 Å². The first-order valence-corrected chi connectivity index (χ1v) is 19.1. The molecule has 7 aromatic carbocycles. The Hall–Kier alpha value is -6.12. The van der Waals surface area contributed by atoms with Crippen molar-refractivity contribution < 1.29 is 0 Å². The number of allylic oxidation sites excluding steroid dienone is 2. The zero-order valence-electron chi connectivity index (χ0n) is 30.2. The van der Waals surface area contributed by atoms with Crippen molar-refractivity contribution in [1.29, 1.82) is 0 Å². The van der Waals surface area contributed by atoms with Crippen molar-refractivity contribution >= 4 is 49.3 Å². The molecule has 0 spiro atoms. The van der Waals surface area contributed by atoms with Gasteiger partial charge >= 0.3 is 0 Å². The van der Waals surface area contributed by atoms with Gasteiger partial charge in [-0.1, -0.05) is 123 Å². The minimum Gasteiger partial charge on any atom is -0.313 e. The molecule has 2 heteroatoms. The Morgan fingerprint density at radius 3 is 1.87 bits per heavy atom. The van der Waals surface area contributed by atoms with Gasteiger partial charge in [0.2, 0.25) is 0 Å². The molecule has 2 aliphatic rings. The lowest BCUT2D eigenvalue weighted by molar-refractivity contribution is 0.652. The summed E-state index contributed by atoms with van der Waals surface area (Å²) < 4.78 is 4.98. The maximum atomic E-state index is 2.54. The first-order valence-electron chi connectivity index (χ1n) is 19.1. The van der Waals surface area contributed by atoms with E-state index in [0.29, 0.717) is 5.92 Å². The van der Waals surface area contributed by atoms with E-state index in [4.69, 9.17) is 0 Å². The van der Waals surface area contributed by atoms with E-state index in [1.807, 2.05) is 0 Å². The maximum absolute atomic E-state index is 2.54. The second-order valence-electron chi connectivity index (χ2n) is 15.6. The number of hydrogen-bond acceptors (Lipinski definition) is 0. The fourth-order valence-electron chi connectivity index (χ4n) is 9.74. The van der Waals surface area contributed by atoms with Crippen molar-refractivity contribution in [2.45, 2.75) is 44.4 Å². The van der Waals surface area contributed by atoms with E-state index in [2.05, 4.69) is 187 Å². The summed E-state index contributed by atoms with van der Waals surface area (Å²) in [5.74, 6) is 0.451. The van der Waals surface area contributed by atoms with Crippen molar-refractivity contribution in [3.8, 4) is 27.9 Å². The van der Waals surface area contributed by atoms with E-state index >= 15 is 0 Å². The number of nitrogens with zero attached hydrogens (tertiary/aromatic N) is 2. The third kappa shape index (κ3) is 4.51. The number of rotatable bonds is 4. The van der Waals surface area contributed by atoms with Crippen LogP contribution in [0.1, 0.15) is 55.7 Å². The van der Waals surface area contributed by atoms with Crippen molar-refractivity contribution in [2.24, 2.45) is 0 Å². The van der Waals surface area contributed by atoms with E-state index in [-0.39, 0.29) is 5.41 Å². The maximum Gasteiger partial charge on any atom is 0.0544 e. The third-order valence-corrected chi connectivity index (χ3v) is 12.3. The first kappa shape index (κ1) is 30.5. The predicted octanol–water partition coefficient (Wildman–Crippen LogP) is 13.7. The summed E-state index contributed by atoms with van der Waals surface area (Å²) in [7, 11) is 0. The van der Waals surface area contributed by atoms with Gasteiger partial charge in [0.15, 0.2) is 0 Å². The van der Waals surface area contributed by atoms with Crippen LogP contribution in [0.2, 0.25) is 0 Å². The summed E-state index contributed by atoms with van der Waals surface area (Å²) in [6.45, 7) is 4.81. The summed E-state index contributed by atoms with van der Waals surface area (Å²) in [6, 6.07) is 58.9. The zero-order chi connectivity index (χ0) is 35.3. The van der Waals surface area contributed by atoms with E-state index in [1.165, 1.54) is 107 Å². The molecule has 0 saturated heterocycles. The molecule has 0 saturated carbocycles. The van der Waals surface area contributed by atoms with Gasteiger partial charge in [0.05, 0.1) is 22.1 Å². The van der Waals surface area contributed by atoms with Crippen LogP contribution in [-0.4, -0.2) is 9.13 Å². The van der Waals surface area contributed by atoms with E-state index in [1.54, 1.807) is 0 Å².